The molecule has 0 spiro atoms. The van der Waals surface area contributed by atoms with E-state index in [9.17, 15) is 0 Å². The molecule has 0 N–H and O–H groups in total. The van der Waals surface area contributed by atoms with E-state index in [0.29, 0.717) is 0 Å². The second kappa shape index (κ2) is 4.06. The van der Waals surface area contributed by atoms with E-state index in [4.69, 9.17) is 0 Å². The number of rotatable bonds is 1. The smallest absolute Gasteiger partial charge is 0.194 e. The Labute approximate surface area is 112 Å². The Bertz CT molecular complexity index is 745. The van der Waals surface area contributed by atoms with Crippen LogP contribution in [0.15, 0.2) is 72.9 Å². The average Bonchev–Trinajstić information content (AvgIpc) is 2.86. The number of pyridine rings is 1. The van der Waals surface area contributed by atoms with Crippen molar-refractivity contribution in [3.63, 3.8) is 0 Å². The molecule has 0 unspecified atom stereocenters. The van der Waals surface area contributed by atoms with E-state index in [1.165, 1.54) is 27.9 Å². The zero-order valence-electron chi connectivity index (χ0n) is 10.6. The molecule has 2 heterocycles. The van der Waals surface area contributed by atoms with Crippen molar-refractivity contribution in [2.45, 2.75) is 6.54 Å². The molecule has 1 heteroatoms. The van der Waals surface area contributed by atoms with Gasteiger partial charge in [0.05, 0.1) is 5.56 Å². The fourth-order valence-corrected chi connectivity index (χ4v) is 2.83. The van der Waals surface area contributed by atoms with E-state index < -0.39 is 0 Å². The minimum atomic E-state index is 0.978. The van der Waals surface area contributed by atoms with Gasteiger partial charge >= 0.3 is 0 Å². The van der Waals surface area contributed by atoms with Gasteiger partial charge in [0.1, 0.15) is 0 Å². The van der Waals surface area contributed by atoms with Gasteiger partial charge in [-0.05, 0) is 29.3 Å². The Balaban J connectivity index is 1.84. The number of nitrogens with zero attached hydrogens (tertiary/aromatic N) is 1. The first-order valence-corrected chi connectivity index (χ1v) is 6.59. The molecule has 2 aromatic carbocycles. The van der Waals surface area contributed by atoms with Crippen molar-refractivity contribution in [2.75, 3.05) is 0 Å². The Morgan fingerprint density at radius 3 is 2.47 bits per heavy atom. The van der Waals surface area contributed by atoms with Gasteiger partial charge < -0.3 is 0 Å². The summed E-state index contributed by atoms with van der Waals surface area (Å²) in [5.41, 5.74) is 6.67. The summed E-state index contributed by atoms with van der Waals surface area (Å²) < 4.78 is 2.30. The van der Waals surface area contributed by atoms with Gasteiger partial charge in [0, 0.05) is 17.7 Å². The molecular formula is C18H14N+. The summed E-state index contributed by atoms with van der Waals surface area (Å²) in [7, 11) is 0. The van der Waals surface area contributed by atoms with Gasteiger partial charge in [-0.1, -0.05) is 36.4 Å². The SMILES string of the molecule is c1ccc(-c2ccc3c(c2)C[n+]2ccccc2-3)cc1. The first-order valence-electron chi connectivity index (χ1n) is 6.59. The predicted octanol–water partition coefficient (Wildman–Crippen LogP) is 3.67. The van der Waals surface area contributed by atoms with Crippen molar-refractivity contribution in [1.82, 2.24) is 0 Å². The lowest BCUT2D eigenvalue weighted by atomic mass is 9.99. The fraction of sp³-hybridized carbons (Fsp3) is 0.0556. The Hall–Kier alpha value is -2.41. The van der Waals surface area contributed by atoms with E-state index in [1.807, 2.05) is 0 Å². The molecule has 0 amide bonds. The zero-order chi connectivity index (χ0) is 12.7. The fourth-order valence-electron chi connectivity index (χ4n) is 2.83. The molecule has 0 saturated heterocycles. The van der Waals surface area contributed by atoms with Crippen LogP contribution in [0.1, 0.15) is 5.56 Å². The molecule has 90 valence electrons. The molecule has 1 aliphatic rings. The molecule has 0 bridgehead atoms. The summed E-state index contributed by atoms with van der Waals surface area (Å²) in [5.74, 6) is 0. The maximum absolute atomic E-state index is 2.32. The second-order valence-electron chi connectivity index (χ2n) is 4.95. The lowest BCUT2D eigenvalue weighted by Gasteiger charge is -2.02. The highest BCUT2D eigenvalue weighted by molar-refractivity contribution is 5.71. The van der Waals surface area contributed by atoms with Crippen molar-refractivity contribution in [3.8, 4) is 22.4 Å². The molecular weight excluding hydrogens is 230 g/mol. The maximum atomic E-state index is 2.32. The normalized spacial score (nSPS) is 12.0. The summed E-state index contributed by atoms with van der Waals surface area (Å²) in [5, 5.41) is 0. The summed E-state index contributed by atoms with van der Waals surface area (Å²) in [6.07, 6.45) is 2.15. The van der Waals surface area contributed by atoms with E-state index in [-0.39, 0.29) is 0 Å². The van der Waals surface area contributed by atoms with Gasteiger partial charge in [0.2, 0.25) is 5.69 Å². The highest BCUT2D eigenvalue weighted by Crippen LogP contribution is 2.30. The van der Waals surface area contributed by atoms with Crippen LogP contribution in [0.3, 0.4) is 0 Å². The van der Waals surface area contributed by atoms with Crippen LogP contribution in [0.25, 0.3) is 22.4 Å². The van der Waals surface area contributed by atoms with Crippen LogP contribution in [-0.2, 0) is 6.54 Å². The standard InChI is InChI=1S/C18H14N/c1-2-6-14(7-3-1)15-9-10-17-16(12-15)13-19-11-5-4-8-18(17)19/h1-12H,13H2/q+1. The topological polar surface area (TPSA) is 3.88 Å². The van der Waals surface area contributed by atoms with Gasteiger partial charge in [0.25, 0.3) is 0 Å². The predicted molar refractivity (Wildman–Crippen MR) is 76.6 cm³/mol. The lowest BCUT2D eigenvalue weighted by Crippen LogP contribution is -2.31. The van der Waals surface area contributed by atoms with E-state index in [0.717, 1.165) is 6.54 Å². The zero-order valence-corrected chi connectivity index (χ0v) is 10.6. The molecule has 1 nitrogen and oxygen atoms in total. The van der Waals surface area contributed by atoms with Crippen LogP contribution >= 0.6 is 0 Å². The summed E-state index contributed by atoms with van der Waals surface area (Å²) in [4.78, 5) is 0. The molecule has 1 aliphatic heterocycles. The molecule has 19 heavy (non-hydrogen) atoms. The van der Waals surface area contributed by atoms with E-state index in [2.05, 4.69) is 77.5 Å². The minimum absolute atomic E-state index is 0.978. The largest absolute Gasteiger partial charge is 0.213 e. The molecule has 3 aromatic rings. The third-order valence-corrected chi connectivity index (χ3v) is 3.77. The summed E-state index contributed by atoms with van der Waals surface area (Å²) in [6, 6.07) is 23.7. The van der Waals surface area contributed by atoms with Gasteiger partial charge in [-0.25, -0.2) is 0 Å². The molecule has 1 aromatic heterocycles. The van der Waals surface area contributed by atoms with Gasteiger partial charge in [-0.15, -0.1) is 0 Å². The number of hydrogen-bond donors (Lipinski definition) is 0. The first-order chi connectivity index (χ1) is 9.42. The third-order valence-electron chi connectivity index (χ3n) is 3.77. The molecule has 0 atom stereocenters. The number of aromatic nitrogens is 1. The van der Waals surface area contributed by atoms with Crippen LogP contribution < -0.4 is 4.57 Å². The molecule has 4 rings (SSSR count). The average molecular weight is 244 g/mol. The van der Waals surface area contributed by atoms with Crippen LogP contribution in [0, 0.1) is 0 Å². The third kappa shape index (κ3) is 1.66. The molecule has 0 saturated carbocycles. The van der Waals surface area contributed by atoms with Crippen molar-refractivity contribution in [3.05, 3.63) is 78.5 Å². The van der Waals surface area contributed by atoms with E-state index in [1.54, 1.807) is 0 Å². The van der Waals surface area contributed by atoms with Crippen LogP contribution in [-0.4, -0.2) is 0 Å². The first kappa shape index (κ1) is 10.5. The maximum Gasteiger partial charge on any atom is 0.213 e. The van der Waals surface area contributed by atoms with Crippen molar-refractivity contribution >= 4 is 0 Å². The lowest BCUT2D eigenvalue weighted by molar-refractivity contribution is -0.672. The molecule has 0 radical (unpaired) electrons. The van der Waals surface area contributed by atoms with Crippen molar-refractivity contribution in [1.29, 1.82) is 0 Å². The number of hydrogen-bond acceptors (Lipinski definition) is 0. The highest BCUT2D eigenvalue weighted by Gasteiger charge is 2.24. The Morgan fingerprint density at radius 2 is 1.58 bits per heavy atom. The Kier molecular flexibility index (Phi) is 2.25. The summed E-state index contributed by atoms with van der Waals surface area (Å²) in [6.45, 7) is 0.978. The second-order valence-corrected chi connectivity index (χ2v) is 4.95. The quantitative estimate of drug-likeness (QED) is 0.450. The molecule has 0 fully saturated rings. The van der Waals surface area contributed by atoms with Gasteiger partial charge in [-0.2, -0.15) is 4.57 Å². The number of benzene rings is 2. The Morgan fingerprint density at radius 1 is 0.737 bits per heavy atom. The van der Waals surface area contributed by atoms with Gasteiger partial charge in [0.15, 0.2) is 12.7 Å². The molecule has 0 aliphatic carbocycles. The summed E-state index contributed by atoms with van der Waals surface area (Å²) >= 11 is 0. The van der Waals surface area contributed by atoms with Crippen molar-refractivity contribution < 1.29 is 4.57 Å². The number of fused-ring (bicyclic) bond motifs is 3. The monoisotopic (exact) mass is 244 g/mol. The highest BCUT2D eigenvalue weighted by atomic mass is 15.0. The minimum Gasteiger partial charge on any atom is -0.194 e. The van der Waals surface area contributed by atoms with Crippen LogP contribution in [0.5, 0.6) is 0 Å². The van der Waals surface area contributed by atoms with Crippen molar-refractivity contribution in [2.24, 2.45) is 0 Å². The van der Waals surface area contributed by atoms with Gasteiger partial charge in [-0.3, -0.25) is 0 Å². The van der Waals surface area contributed by atoms with E-state index >= 15 is 0 Å². The van der Waals surface area contributed by atoms with Crippen LogP contribution in [0.4, 0.5) is 0 Å². The van der Waals surface area contributed by atoms with Crippen LogP contribution in [0.2, 0.25) is 0 Å².